The normalized spacial score (nSPS) is 10.5. The lowest BCUT2D eigenvalue weighted by atomic mass is 10.2. The molecular formula is C16H15BrN4O4. The lowest BCUT2D eigenvalue weighted by Gasteiger charge is -2.12. The molecule has 0 aliphatic carbocycles. The minimum atomic E-state index is -0.514. The molecule has 2 rings (SSSR count). The monoisotopic (exact) mass is 406 g/mol. The molecule has 130 valence electrons. The van der Waals surface area contributed by atoms with E-state index in [1.165, 1.54) is 12.1 Å². The molecule has 9 heteroatoms. The number of anilines is 1. The number of ether oxygens (including phenoxy) is 2. The Labute approximate surface area is 152 Å². The molecule has 0 aliphatic rings. The van der Waals surface area contributed by atoms with Crippen LogP contribution in [-0.4, -0.2) is 29.8 Å². The summed E-state index contributed by atoms with van der Waals surface area (Å²) in [5.41, 5.74) is 3.37. The third-order valence-corrected chi connectivity index (χ3v) is 3.54. The average Bonchev–Trinajstić information content (AvgIpc) is 2.61. The van der Waals surface area contributed by atoms with Crippen LogP contribution in [0.5, 0.6) is 11.5 Å². The zero-order chi connectivity index (χ0) is 18.2. The highest BCUT2D eigenvalue weighted by Gasteiger charge is 2.10. The summed E-state index contributed by atoms with van der Waals surface area (Å²) in [6, 6.07) is 6.39. The van der Waals surface area contributed by atoms with Crippen molar-refractivity contribution in [2.75, 3.05) is 19.1 Å². The molecule has 8 nitrogen and oxygen atoms in total. The van der Waals surface area contributed by atoms with Gasteiger partial charge in [-0.3, -0.25) is 15.5 Å². The largest absolute Gasteiger partial charge is 0.493 e. The topological polar surface area (TPSA) is 98.9 Å². The Kier molecular flexibility index (Phi) is 6.47. The van der Waals surface area contributed by atoms with Gasteiger partial charge in [0.05, 0.1) is 22.7 Å². The molecule has 0 bridgehead atoms. The van der Waals surface area contributed by atoms with E-state index < -0.39 is 4.92 Å². The standard InChI is InChI=1S/C16H15BrN4O4/c1-3-6-25-16-13(17)7-11(8-14(16)24-2)9-19-20-15-5-4-12(10-18-15)21(22)23/h3-5,7-10H,1,6H2,2H3,(H,18,20). The van der Waals surface area contributed by atoms with Crippen molar-refractivity contribution in [3.63, 3.8) is 0 Å². The van der Waals surface area contributed by atoms with Crippen LogP contribution in [0.4, 0.5) is 11.5 Å². The Morgan fingerprint density at radius 1 is 1.48 bits per heavy atom. The predicted octanol–water partition coefficient (Wildman–Crippen LogP) is 3.77. The number of hydrogen-bond donors (Lipinski definition) is 1. The maximum Gasteiger partial charge on any atom is 0.287 e. The maximum absolute atomic E-state index is 10.6. The van der Waals surface area contributed by atoms with Crippen LogP contribution in [0.1, 0.15) is 5.56 Å². The zero-order valence-electron chi connectivity index (χ0n) is 13.3. The molecule has 25 heavy (non-hydrogen) atoms. The zero-order valence-corrected chi connectivity index (χ0v) is 14.9. The summed E-state index contributed by atoms with van der Waals surface area (Å²) < 4.78 is 11.6. The van der Waals surface area contributed by atoms with Gasteiger partial charge in [-0.05, 0) is 39.7 Å². The van der Waals surface area contributed by atoms with Gasteiger partial charge in [0.1, 0.15) is 18.6 Å². The lowest BCUT2D eigenvalue weighted by Crippen LogP contribution is -1.99. The maximum atomic E-state index is 10.6. The van der Waals surface area contributed by atoms with E-state index in [2.05, 4.69) is 38.0 Å². The highest BCUT2D eigenvalue weighted by Crippen LogP contribution is 2.36. The Hall–Kier alpha value is -2.94. The number of hydrazone groups is 1. The first-order chi connectivity index (χ1) is 12.0. The number of benzene rings is 1. The number of aromatic nitrogens is 1. The lowest BCUT2D eigenvalue weighted by molar-refractivity contribution is -0.385. The molecule has 0 atom stereocenters. The van der Waals surface area contributed by atoms with Gasteiger partial charge in [-0.15, -0.1) is 0 Å². The van der Waals surface area contributed by atoms with Gasteiger partial charge < -0.3 is 9.47 Å². The van der Waals surface area contributed by atoms with Crippen LogP contribution in [0.15, 0.2) is 52.7 Å². The van der Waals surface area contributed by atoms with E-state index >= 15 is 0 Å². The summed E-state index contributed by atoms with van der Waals surface area (Å²) in [6.07, 6.45) is 4.36. The Balaban J connectivity index is 2.11. The molecule has 1 N–H and O–H groups in total. The summed E-state index contributed by atoms with van der Waals surface area (Å²) in [5.74, 6) is 1.51. The highest BCUT2D eigenvalue weighted by atomic mass is 79.9. The number of nitrogens with one attached hydrogen (secondary N) is 1. The number of methoxy groups -OCH3 is 1. The molecule has 0 saturated carbocycles. The summed E-state index contributed by atoms with van der Waals surface area (Å²) >= 11 is 3.43. The third-order valence-electron chi connectivity index (χ3n) is 2.95. The van der Waals surface area contributed by atoms with Gasteiger partial charge in [0.25, 0.3) is 5.69 Å². The van der Waals surface area contributed by atoms with E-state index in [1.54, 1.807) is 25.5 Å². The van der Waals surface area contributed by atoms with E-state index in [0.717, 1.165) is 11.8 Å². The molecule has 1 aromatic carbocycles. The Bertz CT molecular complexity index is 793. The van der Waals surface area contributed by atoms with E-state index in [-0.39, 0.29) is 5.69 Å². The fourth-order valence-corrected chi connectivity index (χ4v) is 2.40. The second-order valence-electron chi connectivity index (χ2n) is 4.66. The van der Waals surface area contributed by atoms with Crippen LogP contribution in [0.25, 0.3) is 0 Å². The smallest absolute Gasteiger partial charge is 0.287 e. The third kappa shape index (κ3) is 5.01. The minimum absolute atomic E-state index is 0.0849. The van der Waals surface area contributed by atoms with Gasteiger partial charge in [-0.25, -0.2) is 4.98 Å². The van der Waals surface area contributed by atoms with Gasteiger partial charge in [0.2, 0.25) is 0 Å². The molecule has 0 unspecified atom stereocenters. The number of nitrogens with zero attached hydrogens (tertiary/aromatic N) is 3. The van der Waals surface area contributed by atoms with Crippen molar-refractivity contribution in [1.82, 2.24) is 4.98 Å². The molecule has 0 radical (unpaired) electrons. The van der Waals surface area contributed by atoms with Crippen molar-refractivity contribution >= 4 is 33.6 Å². The van der Waals surface area contributed by atoms with E-state index in [0.29, 0.717) is 28.4 Å². The SMILES string of the molecule is C=CCOc1c(Br)cc(C=NNc2ccc([N+](=O)[O-])cn2)cc1OC. The fraction of sp³-hybridized carbons (Fsp3) is 0.125. The van der Waals surface area contributed by atoms with Crippen LogP contribution in [0.2, 0.25) is 0 Å². The fourth-order valence-electron chi connectivity index (χ4n) is 1.83. The summed E-state index contributed by atoms with van der Waals surface area (Å²) in [6.45, 7) is 3.97. The van der Waals surface area contributed by atoms with Gasteiger partial charge in [-0.2, -0.15) is 5.10 Å². The summed E-state index contributed by atoms with van der Waals surface area (Å²) in [7, 11) is 1.54. The molecular weight excluding hydrogens is 392 g/mol. The van der Waals surface area contributed by atoms with Crippen molar-refractivity contribution in [3.05, 3.63) is 63.3 Å². The molecule has 0 aliphatic heterocycles. The van der Waals surface area contributed by atoms with Crippen molar-refractivity contribution in [3.8, 4) is 11.5 Å². The first-order valence-electron chi connectivity index (χ1n) is 7.06. The summed E-state index contributed by atoms with van der Waals surface area (Å²) in [5, 5.41) is 14.6. The van der Waals surface area contributed by atoms with Crippen LogP contribution in [-0.2, 0) is 0 Å². The Morgan fingerprint density at radius 2 is 2.28 bits per heavy atom. The van der Waals surface area contributed by atoms with Crippen LogP contribution < -0.4 is 14.9 Å². The molecule has 1 heterocycles. The van der Waals surface area contributed by atoms with E-state index in [9.17, 15) is 10.1 Å². The van der Waals surface area contributed by atoms with Crippen LogP contribution in [0, 0.1) is 10.1 Å². The molecule has 0 saturated heterocycles. The molecule has 1 aromatic heterocycles. The van der Waals surface area contributed by atoms with Crippen LogP contribution >= 0.6 is 15.9 Å². The van der Waals surface area contributed by atoms with Crippen molar-refractivity contribution in [2.24, 2.45) is 5.10 Å². The highest BCUT2D eigenvalue weighted by molar-refractivity contribution is 9.10. The van der Waals surface area contributed by atoms with Crippen LogP contribution in [0.3, 0.4) is 0 Å². The first kappa shape index (κ1) is 18.4. The summed E-state index contributed by atoms with van der Waals surface area (Å²) in [4.78, 5) is 14.0. The molecule has 0 spiro atoms. The average molecular weight is 407 g/mol. The number of hydrogen-bond acceptors (Lipinski definition) is 7. The minimum Gasteiger partial charge on any atom is -0.493 e. The van der Waals surface area contributed by atoms with E-state index in [4.69, 9.17) is 9.47 Å². The van der Waals surface area contributed by atoms with Gasteiger partial charge in [0, 0.05) is 6.07 Å². The van der Waals surface area contributed by atoms with Crippen molar-refractivity contribution < 1.29 is 14.4 Å². The Morgan fingerprint density at radius 3 is 2.88 bits per heavy atom. The number of rotatable bonds is 8. The van der Waals surface area contributed by atoms with E-state index in [1.807, 2.05) is 6.07 Å². The first-order valence-corrected chi connectivity index (χ1v) is 7.85. The second-order valence-corrected chi connectivity index (χ2v) is 5.52. The number of nitro groups is 1. The van der Waals surface area contributed by atoms with Gasteiger partial charge >= 0.3 is 0 Å². The van der Waals surface area contributed by atoms with Crippen molar-refractivity contribution in [1.29, 1.82) is 0 Å². The van der Waals surface area contributed by atoms with Crippen molar-refractivity contribution in [2.45, 2.75) is 0 Å². The quantitative estimate of drug-likeness (QED) is 0.310. The predicted molar refractivity (Wildman–Crippen MR) is 98.5 cm³/mol. The molecule has 0 fully saturated rings. The molecule has 2 aromatic rings. The molecule has 0 amide bonds. The van der Waals surface area contributed by atoms with Gasteiger partial charge in [-0.1, -0.05) is 12.7 Å². The second kappa shape index (κ2) is 8.78. The number of pyridine rings is 1. The number of halogens is 1. The van der Waals surface area contributed by atoms with Gasteiger partial charge in [0.15, 0.2) is 11.5 Å².